The molecule has 1 fully saturated rings. The number of hydrogen-bond acceptors (Lipinski definition) is 3. The number of aliphatic carboxylic acids is 1. The monoisotopic (exact) mass is 229 g/mol. The molecule has 0 aromatic rings. The molecule has 1 aliphatic rings. The largest absolute Gasteiger partial charge is 0.481 e. The summed E-state index contributed by atoms with van der Waals surface area (Å²) in [6.45, 7) is 2.79. The minimum atomic E-state index is -0.826. The summed E-state index contributed by atoms with van der Waals surface area (Å²) in [4.78, 5) is 21.9. The Bertz CT molecular complexity index is 248. The molecule has 2 unspecified atom stereocenters. The Labute approximate surface area is 95.2 Å². The maximum absolute atomic E-state index is 11.4. The van der Waals surface area contributed by atoms with Crippen LogP contribution in [-0.2, 0) is 14.3 Å². The van der Waals surface area contributed by atoms with Gasteiger partial charge in [0.15, 0.2) is 0 Å². The third kappa shape index (κ3) is 4.61. The summed E-state index contributed by atoms with van der Waals surface area (Å²) >= 11 is 0. The van der Waals surface area contributed by atoms with Gasteiger partial charge in [0.25, 0.3) is 0 Å². The van der Waals surface area contributed by atoms with Crippen LogP contribution in [0.1, 0.15) is 32.6 Å². The lowest BCUT2D eigenvalue weighted by atomic mass is 10.1. The van der Waals surface area contributed by atoms with Crippen LogP contribution in [0.15, 0.2) is 0 Å². The van der Waals surface area contributed by atoms with Gasteiger partial charge in [0.05, 0.1) is 18.4 Å². The molecule has 0 saturated carbocycles. The Morgan fingerprint density at radius 1 is 1.56 bits per heavy atom. The van der Waals surface area contributed by atoms with Gasteiger partial charge in [0, 0.05) is 13.2 Å². The Hall–Kier alpha value is -1.10. The average Bonchev–Trinajstić information content (AvgIpc) is 2.70. The molecule has 1 saturated heterocycles. The molecule has 1 rings (SSSR count). The second-order valence-corrected chi connectivity index (χ2v) is 4.22. The van der Waals surface area contributed by atoms with E-state index in [1.165, 1.54) is 0 Å². The van der Waals surface area contributed by atoms with Crippen LogP contribution >= 0.6 is 0 Å². The Balaban J connectivity index is 2.08. The zero-order valence-corrected chi connectivity index (χ0v) is 9.57. The molecule has 92 valence electrons. The molecule has 16 heavy (non-hydrogen) atoms. The number of carbonyl (C=O) groups excluding carboxylic acids is 1. The van der Waals surface area contributed by atoms with E-state index in [4.69, 9.17) is 9.84 Å². The van der Waals surface area contributed by atoms with Crippen molar-refractivity contribution >= 4 is 11.9 Å². The fourth-order valence-corrected chi connectivity index (χ4v) is 1.64. The van der Waals surface area contributed by atoms with Crippen molar-refractivity contribution < 1.29 is 19.4 Å². The number of ether oxygens (including phenoxy) is 1. The minimum absolute atomic E-state index is 0.0514. The number of carboxylic acids is 1. The van der Waals surface area contributed by atoms with Crippen LogP contribution in [-0.4, -0.2) is 36.2 Å². The van der Waals surface area contributed by atoms with Gasteiger partial charge in [0.1, 0.15) is 0 Å². The molecule has 0 aromatic carbocycles. The zero-order chi connectivity index (χ0) is 12.0. The fraction of sp³-hybridized carbons (Fsp3) is 0.818. The molecule has 1 aliphatic heterocycles. The van der Waals surface area contributed by atoms with Crippen LogP contribution < -0.4 is 5.32 Å². The van der Waals surface area contributed by atoms with E-state index >= 15 is 0 Å². The van der Waals surface area contributed by atoms with Crippen molar-refractivity contribution in [2.75, 3.05) is 13.2 Å². The zero-order valence-electron chi connectivity index (χ0n) is 9.57. The van der Waals surface area contributed by atoms with Crippen LogP contribution in [0.3, 0.4) is 0 Å². The highest BCUT2D eigenvalue weighted by molar-refractivity contribution is 5.76. The van der Waals surface area contributed by atoms with Crippen LogP contribution in [0.4, 0.5) is 0 Å². The Morgan fingerprint density at radius 3 is 2.88 bits per heavy atom. The topological polar surface area (TPSA) is 75.6 Å². The minimum Gasteiger partial charge on any atom is -0.481 e. The Kier molecular flexibility index (Phi) is 5.25. The van der Waals surface area contributed by atoms with Gasteiger partial charge in [-0.15, -0.1) is 0 Å². The summed E-state index contributed by atoms with van der Waals surface area (Å²) in [6.07, 6.45) is 2.87. The number of amides is 1. The molecule has 5 heteroatoms. The molecule has 0 aromatic heterocycles. The average molecular weight is 229 g/mol. The number of carbonyl (C=O) groups is 2. The van der Waals surface area contributed by atoms with E-state index in [1.54, 1.807) is 6.92 Å². The van der Waals surface area contributed by atoms with E-state index in [-0.39, 0.29) is 12.0 Å². The van der Waals surface area contributed by atoms with Crippen LogP contribution in [0, 0.1) is 5.92 Å². The second kappa shape index (κ2) is 6.48. The molecule has 2 atom stereocenters. The van der Waals surface area contributed by atoms with E-state index in [0.717, 1.165) is 19.4 Å². The maximum atomic E-state index is 11.4. The van der Waals surface area contributed by atoms with E-state index in [2.05, 4.69) is 5.32 Å². The number of nitrogens with one attached hydrogen (secondary N) is 1. The standard InChI is InChI=1S/C11H19NO4/c1-8(11(14)15)4-5-12-10(13)7-9-3-2-6-16-9/h8-9H,2-7H2,1H3,(H,12,13)(H,14,15). The third-order valence-corrected chi connectivity index (χ3v) is 2.76. The molecule has 1 amide bonds. The number of hydrogen-bond donors (Lipinski definition) is 2. The van der Waals surface area contributed by atoms with Crippen molar-refractivity contribution in [1.29, 1.82) is 0 Å². The van der Waals surface area contributed by atoms with Gasteiger partial charge in [-0.2, -0.15) is 0 Å². The number of rotatable bonds is 6. The van der Waals surface area contributed by atoms with Crippen LogP contribution in [0.25, 0.3) is 0 Å². The summed E-state index contributed by atoms with van der Waals surface area (Å²) in [5, 5.41) is 11.4. The van der Waals surface area contributed by atoms with Crippen molar-refractivity contribution in [3.8, 4) is 0 Å². The molecule has 0 bridgehead atoms. The van der Waals surface area contributed by atoms with Gasteiger partial charge in [0.2, 0.25) is 5.91 Å². The molecular weight excluding hydrogens is 210 g/mol. The molecular formula is C11H19NO4. The molecule has 0 aliphatic carbocycles. The number of carboxylic acid groups (broad SMARTS) is 1. The van der Waals surface area contributed by atoms with Gasteiger partial charge in [-0.1, -0.05) is 6.92 Å². The molecule has 2 N–H and O–H groups in total. The SMILES string of the molecule is CC(CCNC(=O)CC1CCCO1)C(=O)O. The highest BCUT2D eigenvalue weighted by atomic mass is 16.5. The normalized spacial score (nSPS) is 21.7. The summed E-state index contributed by atoms with van der Waals surface area (Å²) in [7, 11) is 0. The lowest BCUT2D eigenvalue weighted by molar-refractivity contribution is -0.141. The highest BCUT2D eigenvalue weighted by Gasteiger charge is 2.19. The first kappa shape index (κ1) is 13.0. The summed E-state index contributed by atoms with van der Waals surface area (Å²) in [5.41, 5.74) is 0. The maximum Gasteiger partial charge on any atom is 0.306 e. The molecule has 1 heterocycles. The van der Waals surface area contributed by atoms with Gasteiger partial charge < -0.3 is 15.2 Å². The van der Waals surface area contributed by atoms with Gasteiger partial charge in [-0.3, -0.25) is 9.59 Å². The van der Waals surface area contributed by atoms with Gasteiger partial charge in [-0.05, 0) is 19.3 Å². The van der Waals surface area contributed by atoms with Crippen molar-refractivity contribution in [2.24, 2.45) is 5.92 Å². The van der Waals surface area contributed by atoms with Crippen molar-refractivity contribution in [3.05, 3.63) is 0 Å². The van der Waals surface area contributed by atoms with Crippen molar-refractivity contribution in [2.45, 2.75) is 38.7 Å². The van der Waals surface area contributed by atoms with Crippen LogP contribution in [0.2, 0.25) is 0 Å². The van der Waals surface area contributed by atoms with Gasteiger partial charge >= 0.3 is 5.97 Å². The lowest BCUT2D eigenvalue weighted by Crippen LogP contribution is -2.29. The fourth-order valence-electron chi connectivity index (χ4n) is 1.64. The highest BCUT2D eigenvalue weighted by Crippen LogP contribution is 2.14. The summed E-state index contributed by atoms with van der Waals surface area (Å²) < 4.78 is 5.33. The first-order valence-electron chi connectivity index (χ1n) is 5.70. The van der Waals surface area contributed by atoms with E-state index < -0.39 is 11.9 Å². The summed E-state index contributed by atoms with van der Waals surface area (Å²) in [5.74, 6) is -1.29. The van der Waals surface area contributed by atoms with Crippen LogP contribution in [0.5, 0.6) is 0 Å². The second-order valence-electron chi connectivity index (χ2n) is 4.22. The predicted octanol–water partition coefficient (Wildman–Crippen LogP) is 0.782. The summed E-state index contributed by atoms with van der Waals surface area (Å²) in [6, 6.07) is 0. The molecule has 0 spiro atoms. The van der Waals surface area contributed by atoms with E-state index in [9.17, 15) is 9.59 Å². The Morgan fingerprint density at radius 2 is 2.31 bits per heavy atom. The third-order valence-electron chi connectivity index (χ3n) is 2.76. The first-order chi connectivity index (χ1) is 7.59. The smallest absolute Gasteiger partial charge is 0.306 e. The molecule has 5 nitrogen and oxygen atoms in total. The predicted molar refractivity (Wildman–Crippen MR) is 58.0 cm³/mol. The molecule has 0 radical (unpaired) electrons. The van der Waals surface area contributed by atoms with Crippen molar-refractivity contribution in [3.63, 3.8) is 0 Å². The quantitative estimate of drug-likeness (QED) is 0.705. The van der Waals surface area contributed by atoms with Crippen molar-refractivity contribution in [1.82, 2.24) is 5.32 Å². The first-order valence-corrected chi connectivity index (χ1v) is 5.70. The van der Waals surface area contributed by atoms with E-state index in [1.807, 2.05) is 0 Å². The van der Waals surface area contributed by atoms with Gasteiger partial charge in [-0.25, -0.2) is 0 Å². The van der Waals surface area contributed by atoms with E-state index in [0.29, 0.717) is 19.4 Å². The lowest BCUT2D eigenvalue weighted by Gasteiger charge is -2.10.